The zero-order valence-electron chi connectivity index (χ0n) is 16.2. The summed E-state index contributed by atoms with van der Waals surface area (Å²) in [6.45, 7) is 4.84. The normalized spacial score (nSPS) is 13.6. The van der Waals surface area contributed by atoms with Crippen LogP contribution in [0.3, 0.4) is 0 Å². The number of aliphatic hydroxyl groups is 1. The van der Waals surface area contributed by atoms with Crippen molar-refractivity contribution in [2.24, 2.45) is 0 Å². The number of anilines is 1. The van der Waals surface area contributed by atoms with Crippen molar-refractivity contribution in [2.45, 2.75) is 25.6 Å². The zero-order valence-corrected chi connectivity index (χ0v) is 17.1. The minimum Gasteiger partial charge on any atom is -0.394 e. The maximum atomic E-state index is 13.6. The van der Waals surface area contributed by atoms with Gasteiger partial charge >= 0.3 is 6.18 Å². The fourth-order valence-corrected chi connectivity index (χ4v) is 4.28. The fourth-order valence-electron chi connectivity index (χ4n) is 3.11. The first-order valence-corrected chi connectivity index (χ1v) is 11.6. The van der Waals surface area contributed by atoms with Gasteiger partial charge in [-0.3, -0.25) is 0 Å². The molecule has 3 N–H and O–H groups in total. The van der Waals surface area contributed by atoms with Crippen LogP contribution in [0.1, 0.15) is 18.9 Å². The first-order chi connectivity index (χ1) is 13.6. The van der Waals surface area contributed by atoms with Crippen LogP contribution in [0.2, 0.25) is 0 Å². The average Bonchev–Trinajstić information content (AvgIpc) is 3.08. The molecule has 156 valence electrons. The Hall–Kier alpha value is -2.38. The monoisotopic (exact) mass is 426 g/mol. The van der Waals surface area contributed by atoms with Gasteiger partial charge in [0.05, 0.1) is 23.9 Å². The van der Waals surface area contributed by atoms with Gasteiger partial charge in [0.2, 0.25) is 5.95 Å². The molecular weight excluding hydrogens is 404 g/mol. The van der Waals surface area contributed by atoms with Gasteiger partial charge < -0.3 is 20.0 Å². The van der Waals surface area contributed by atoms with Gasteiger partial charge in [-0.25, -0.2) is 9.97 Å². The average molecular weight is 426 g/mol. The van der Waals surface area contributed by atoms with Crippen LogP contribution < -0.4 is 10.6 Å². The number of benzene rings is 1. The van der Waals surface area contributed by atoms with Crippen molar-refractivity contribution in [2.75, 3.05) is 25.3 Å². The molecule has 0 amide bonds. The summed E-state index contributed by atoms with van der Waals surface area (Å²) in [7, 11) is -2.65. The fraction of sp³-hybridized carbons (Fsp3) is 0.368. The smallest absolute Gasteiger partial charge is 0.394 e. The van der Waals surface area contributed by atoms with Crippen LogP contribution in [-0.2, 0) is 10.7 Å². The minimum atomic E-state index is -4.65. The van der Waals surface area contributed by atoms with Crippen molar-refractivity contribution in [3.05, 3.63) is 36.2 Å². The zero-order chi connectivity index (χ0) is 21.4. The van der Waals surface area contributed by atoms with Crippen LogP contribution in [-0.4, -0.2) is 46.0 Å². The Morgan fingerprint density at radius 1 is 1.31 bits per heavy atom. The molecule has 0 fully saturated rings. The molecule has 3 aromatic rings. The number of hydrogen-bond acceptors (Lipinski definition) is 5. The van der Waals surface area contributed by atoms with Crippen LogP contribution in [0.15, 0.2) is 30.6 Å². The molecule has 2 heterocycles. The van der Waals surface area contributed by atoms with Crippen molar-refractivity contribution in [1.82, 2.24) is 15.0 Å². The number of aromatic nitrogens is 3. The summed E-state index contributed by atoms with van der Waals surface area (Å²) in [6, 6.07) is 4.66. The number of hydrogen-bond donors (Lipinski definition) is 3. The van der Waals surface area contributed by atoms with Gasteiger partial charge in [-0.1, -0.05) is 19.1 Å². The van der Waals surface area contributed by atoms with Gasteiger partial charge in [-0.05, 0) is 25.8 Å². The lowest BCUT2D eigenvalue weighted by molar-refractivity contribution is -0.137. The standard InChI is InChI=1S/C19H22F3N4O2P/c1-4-11(10-27)25-18-24-9-14(19(20,21)22)16(26-18)13-8-23-17-12(13)6-5-7-15(17)29(2,3)28/h5-9,11,23,27H,4,10H2,1-3H3,(H,24,25,26)/t11-/m0/s1. The minimum absolute atomic E-state index is 0.00365. The molecule has 0 spiro atoms. The molecule has 0 saturated heterocycles. The number of aliphatic hydroxyl groups excluding tert-OH is 1. The molecule has 3 rings (SSSR count). The third-order valence-corrected chi connectivity index (χ3v) is 6.20. The second-order valence-electron chi connectivity index (χ2n) is 7.14. The predicted octanol–water partition coefficient (Wildman–Crippen LogP) is 4.07. The highest BCUT2D eigenvalue weighted by atomic mass is 31.2. The van der Waals surface area contributed by atoms with E-state index >= 15 is 0 Å². The lowest BCUT2D eigenvalue weighted by Gasteiger charge is -2.17. The van der Waals surface area contributed by atoms with Gasteiger partial charge in [-0.2, -0.15) is 13.2 Å². The molecule has 29 heavy (non-hydrogen) atoms. The quantitative estimate of drug-likeness (QED) is 0.517. The van der Waals surface area contributed by atoms with E-state index in [1.54, 1.807) is 31.5 Å². The lowest BCUT2D eigenvalue weighted by atomic mass is 10.1. The van der Waals surface area contributed by atoms with E-state index in [9.17, 15) is 22.8 Å². The molecule has 10 heteroatoms. The number of fused-ring (bicyclic) bond motifs is 1. The van der Waals surface area contributed by atoms with Gasteiger partial charge in [0.25, 0.3) is 0 Å². The van der Waals surface area contributed by atoms with Crippen LogP contribution in [0.4, 0.5) is 19.1 Å². The predicted molar refractivity (Wildman–Crippen MR) is 108 cm³/mol. The summed E-state index contributed by atoms with van der Waals surface area (Å²) in [5, 5.41) is 13.3. The van der Waals surface area contributed by atoms with Crippen molar-refractivity contribution in [1.29, 1.82) is 0 Å². The number of nitrogens with one attached hydrogen (secondary N) is 2. The van der Waals surface area contributed by atoms with Crippen molar-refractivity contribution in [3.63, 3.8) is 0 Å². The number of nitrogens with zero attached hydrogens (tertiary/aromatic N) is 2. The summed E-state index contributed by atoms with van der Waals surface area (Å²) in [4.78, 5) is 10.9. The van der Waals surface area contributed by atoms with Crippen LogP contribution >= 0.6 is 7.14 Å². The molecule has 0 aliphatic rings. The topological polar surface area (TPSA) is 90.9 Å². The maximum absolute atomic E-state index is 13.6. The first-order valence-electron chi connectivity index (χ1n) is 9.04. The van der Waals surface area contributed by atoms with Crippen LogP contribution in [0, 0.1) is 0 Å². The molecular formula is C19H22F3N4O2P. The molecule has 0 aliphatic carbocycles. The highest BCUT2D eigenvalue weighted by Crippen LogP contribution is 2.41. The van der Waals surface area contributed by atoms with Crippen molar-refractivity contribution >= 4 is 29.3 Å². The van der Waals surface area contributed by atoms with E-state index in [-0.39, 0.29) is 29.9 Å². The summed E-state index contributed by atoms with van der Waals surface area (Å²) in [6.07, 6.45) is -1.92. The third kappa shape index (κ3) is 4.31. The van der Waals surface area contributed by atoms with E-state index < -0.39 is 18.9 Å². The Morgan fingerprint density at radius 3 is 2.62 bits per heavy atom. The summed E-state index contributed by atoms with van der Waals surface area (Å²) in [5.74, 6) is -0.00365. The maximum Gasteiger partial charge on any atom is 0.419 e. The number of para-hydroxylation sites is 1. The van der Waals surface area contributed by atoms with E-state index in [2.05, 4.69) is 20.3 Å². The first kappa shape index (κ1) is 21.3. The van der Waals surface area contributed by atoms with Crippen LogP contribution in [0.25, 0.3) is 22.2 Å². The lowest BCUT2D eigenvalue weighted by Crippen LogP contribution is -2.24. The molecule has 0 unspecified atom stereocenters. The van der Waals surface area contributed by atoms with E-state index in [4.69, 9.17) is 0 Å². The molecule has 6 nitrogen and oxygen atoms in total. The molecule has 0 radical (unpaired) electrons. The number of H-pyrrole nitrogens is 1. The number of aromatic amines is 1. The second kappa shape index (κ2) is 7.80. The molecule has 0 bridgehead atoms. The number of halogens is 3. The second-order valence-corrected chi connectivity index (χ2v) is 10.3. The highest BCUT2D eigenvalue weighted by Gasteiger charge is 2.36. The Kier molecular flexibility index (Phi) is 5.74. The molecule has 1 aromatic carbocycles. The van der Waals surface area contributed by atoms with Crippen molar-refractivity contribution in [3.8, 4) is 11.3 Å². The molecule has 0 saturated carbocycles. The molecule has 1 atom stereocenters. The summed E-state index contributed by atoms with van der Waals surface area (Å²) >= 11 is 0. The third-order valence-electron chi connectivity index (χ3n) is 4.67. The van der Waals surface area contributed by atoms with Gasteiger partial charge in [0.15, 0.2) is 0 Å². The SMILES string of the molecule is CC[C@@H](CO)Nc1ncc(C(F)(F)F)c(-c2c[nH]c3c(P(C)(C)=O)cccc23)n1. The Labute approximate surface area is 166 Å². The van der Waals surface area contributed by atoms with E-state index in [1.807, 2.05) is 6.92 Å². The van der Waals surface area contributed by atoms with Crippen LogP contribution in [0.5, 0.6) is 0 Å². The summed E-state index contributed by atoms with van der Waals surface area (Å²) < 4.78 is 53.5. The Bertz CT molecular complexity index is 1070. The Morgan fingerprint density at radius 2 is 2.03 bits per heavy atom. The highest BCUT2D eigenvalue weighted by molar-refractivity contribution is 7.70. The molecule has 0 aliphatic heterocycles. The van der Waals surface area contributed by atoms with E-state index in [0.29, 0.717) is 22.6 Å². The van der Waals surface area contributed by atoms with Gasteiger partial charge in [0, 0.05) is 28.6 Å². The molecule has 2 aromatic heterocycles. The summed E-state index contributed by atoms with van der Waals surface area (Å²) in [5.41, 5.74) is -0.486. The number of alkyl halides is 3. The van der Waals surface area contributed by atoms with E-state index in [0.717, 1.165) is 6.20 Å². The van der Waals surface area contributed by atoms with Gasteiger partial charge in [-0.15, -0.1) is 0 Å². The Balaban J connectivity index is 2.22. The van der Waals surface area contributed by atoms with Gasteiger partial charge in [0.1, 0.15) is 12.7 Å². The van der Waals surface area contributed by atoms with Crippen molar-refractivity contribution < 1.29 is 22.8 Å². The number of rotatable bonds is 6. The van der Waals surface area contributed by atoms with E-state index in [1.165, 1.54) is 6.20 Å². The largest absolute Gasteiger partial charge is 0.419 e.